The minimum absolute atomic E-state index is 0.833. The molecule has 0 spiro atoms. The van der Waals surface area contributed by atoms with Gasteiger partial charge in [0.05, 0.1) is 12.3 Å². The second-order valence-electron chi connectivity index (χ2n) is 6.75. The predicted molar refractivity (Wildman–Crippen MR) is 106 cm³/mol. The van der Waals surface area contributed by atoms with Crippen molar-refractivity contribution in [1.82, 2.24) is 0 Å². The van der Waals surface area contributed by atoms with E-state index in [9.17, 15) is 0 Å². The predicted octanol–water partition coefficient (Wildman–Crippen LogP) is 7.15. The molecule has 2 nitrogen and oxygen atoms in total. The number of hydrogen-bond acceptors (Lipinski definition) is 2. The van der Waals surface area contributed by atoms with Gasteiger partial charge < -0.3 is 0 Å². The van der Waals surface area contributed by atoms with Gasteiger partial charge in [-0.15, -0.1) is 0 Å². The van der Waals surface area contributed by atoms with Crippen LogP contribution in [0.5, 0.6) is 0 Å². The molecule has 0 saturated carbocycles. The van der Waals surface area contributed by atoms with Crippen LogP contribution in [-0.2, 0) is 4.84 Å². The molecule has 0 N–H and O–H groups in total. The first-order chi connectivity index (χ1) is 11.9. The first kappa shape index (κ1) is 21.0. The Hall–Kier alpha value is -1.02. The molecule has 0 aliphatic carbocycles. The van der Waals surface area contributed by atoms with Crippen molar-refractivity contribution in [2.75, 3.05) is 18.2 Å². The third kappa shape index (κ3) is 10.7. The maximum Gasteiger partial charge on any atom is 0.0748 e. The standard InChI is InChI=1S/C22H39NO/c1-3-5-6-7-8-9-10-11-12-13-14-18-21-24-23(4-2)22-19-16-15-17-20-22/h15-17,19-20H,3-14,18,21H2,1-2H3. The molecule has 138 valence electrons. The van der Waals surface area contributed by atoms with E-state index in [1.165, 1.54) is 77.0 Å². The lowest BCUT2D eigenvalue weighted by atomic mass is 10.1. The lowest BCUT2D eigenvalue weighted by Gasteiger charge is -2.22. The van der Waals surface area contributed by atoms with Crippen LogP contribution in [0.2, 0.25) is 0 Å². The van der Waals surface area contributed by atoms with Crippen molar-refractivity contribution < 1.29 is 4.84 Å². The molecule has 1 aromatic rings. The monoisotopic (exact) mass is 333 g/mol. The topological polar surface area (TPSA) is 12.5 Å². The van der Waals surface area contributed by atoms with Crippen LogP contribution >= 0.6 is 0 Å². The summed E-state index contributed by atoms with van der Waals surface area (Å²) < 4.78 is 0. The van der Waals surface area contributed by atoms with Crippen molar-refractivity contribution in [3.8, 4) is 0 Å². The maximum atomic E-state index is 5.90. The summed E-state index contributed by atoms with van der Waals surface area (Å²) in [7, 11) is 0. The molecule has 0 amide bonds. The molecule has 2 heteroatoms. The van der Waals surface area contributed by atoms with Crippen LogP contribution in [0.4, 0.5) is 5.69 Å². The molecule has 0 aromatic heterocycles. The molecular formula is C22H39NO. The van der Waals surface area contributed by atoms with Gasteiger partial charge in [0, 0.05) is 6.54 Å². The van der Waals surface area contributed by atoms with Gasteiger partial charge in [0.25, 0.3) is 0 Å². The van der Waals surface area contributed by atoms with Crippen LogP contribution in [0, 0.1) is 0 Å². The molecule has 1 aromatic carbocycles. The van der Waals surface area contributed by atoms with E-state index in [0.29, 0.717) is 0 Å². The van der Waals surface area contributed by atoms with Crippen molar-refractivity contribution >= 4 is 5.69 Å². The van der Waals surface area contributed by atoms with Crippen LogP contribution in [0.1, 0.15) is 90.9 Å². The average molecular weight is 334 g/mol. The fraction of sp³-hybridized carbons (Fsp3) is 0.727. The molecule has 0 fully saturated rings. The van der Waals surface area contributed by atoms with E-state index in [1.807, 2.05) is 11.1 Å². The Bertz CT molecular complexity index is 365. The second kappa shape index (κ2) is 15.5. The fourth-order valence-corrected chi connectivity index (χ4v) is 3.06. The van der Waals surface area contributed by atoms with E-state index >= 15 is 0 Å². The summed E-state index contributed by atoms with van der Waals surface area (Å²) in [6, 6.07) is 10.4. The SMILES string of the molecule is CCCCCCCCCCCCCCON(CC)c1ccccc1. The Morgan fingerprint density at radius 3 is 1.67 bits per heavy atom. The molecule has 1 rings (SSSR count). The van der Waals surface area contributed by atoms with Gasteiger partial charge in [-0.3, -0.25) is 9.90 Å². The number of hydroxylamine groups is 1. The van der Waals surface area contributed by atoms with Gasteiger partial charge in [-0.25, -0.2) is 0 Å². The summed E-state index contributed by atoms with van der Waals surface area (Å²) >= 11 is 0. The lowest BCUT2D eigenvalue weighted by Crippen LogP contribution is -2.23. The summed E-state index contributed by atoms with van der Waals surface area (Å²) in [6.45, 7) is 6.14. The van der Waals surface area contributed by atoms with Crippen LogP contribution in [-0.4, -0.2) is 13.2 Å². The maximum absolute atomic E-state index is 5.90. The highest BCUT2D eigenvalue weighted by atomic mass is 16.7. The van der Waals surface area contributed by atoms with Crippen LogP contribution in [0.15, 0.2) is 30.3 Å². The Balaban J connectivity index is 1.88. The van der Waals surface area contributed by atoms with Gasteiger partial charge in [0.1, 0.15) is 0 Å². The Morgan fingerprint density at radius 2 is 1.17 bits per heavy atom. The van der Waals surface area contributed by atoms with Gasteiger partial charge in [0.2, 0.25) is 0 Å². The van der Waals surface area contributed by atoms with Crippen molar-refractivity contribution in [2.24, 2.45) is 0 Å². The van der Waals surface area contributed by atoms with E-state index in [4.69, 9.17) is 4.84 Å². The summed E-state index contributed by atoms with van der Waals surface area (Å²) in [5, 5.41) is 2.00. The highest BCUT2D eigenvalue weighted by molar-refractivity contribution is 5.42. The summed E-state index contributed by atoms with van der Waals surface area (Å²) in [5.74, 6) is 0. The molecule has 0 atom stereocenters. The molecule has 0 heterocycles. The van der Waals surface area contributed by atoms with Crippen LogP contribution in [0.3, 0.4) is 0 Å². The smallest absolute Gasteiger partial charge is 0.0748 e. The number of rotatable bonds is 16. The number of benzene rings is 1. The highest BCUT2D eigenvalue weighted by Gasteiger charge is 2.03. The quantitative estimate of drug-likeness (QED) is 0.235. The van der Waals surface area contributed by atoms with Crippen LogP contribution in [0.25, 0.3) is 0 Å². The molecule has 0 radical (unpaired) electrons. The molecule has 24 heavy (non-hydrogen) atoms. The Labute approximate surface area is 150 Å². The number of unbranched alkanes of at least 4 members (excludes halogenated alkanes) is 11. The minimum Gasteiger partial charge on any atom is -0.273 e. The van der Waals surface area contributed by atoms with E-state index in [-0.39, 0.29) is 0 Å². The van der Waals surface area contributed by atoms with Crippen molar-refractivity contribution in [1.29, 1.82) is 0 Å². The van der Waals surface area contributed by atoms with Crippen molar-refractivity contribution in [3.05, 3.63) is 30.3 Å². The Kier molecular flexibility index (Phi) is 13.6. The molecule has 0 bridgehead atoms. The lowest BCUT2D eigenvalue weighted by molar-refractivity contribution is 0.107. The molecular weight excluding hydrogens is 294 g/mol. The normalized spacial score (nSPS) is 10.9. The zero-order chi connectivity index (χ0) is 17.3. The number of hydrogen-bond donors (Lipinski definition) is 0. The summed E-state index contributed by atoms with van der Waals surface area (Å²) in [6.07, 6.45) is 16.6. The number of nitrogens with zero attached hydrogens (tertiary/aromatic N) is 1. The largest absolute Gasteiger partial charge is 0.273 e. The summed E-state index contributed by atoms with van der Waals surface area (Å²) in [5.41, 5.74) is 1.15. The van der Waals surface area contributed by atoms with Gasteiger partial charge in [-0.05, 0) is 25.5 Å². The van der Waals surface area contributed by atoms with Gasteiger partial charge in [0.15, 0.2) is 0 Å². The van der Waals surface area contributed by atoms with E-state index < -0.39 is 0 Å². The first-order valence-corrected chi connectivity index (χ1v) is 10.3. The molecule has 0 unspecified atom stereocenters. The number of para-hydroxylation sites is 1. The highest BCUT2D eigenvalue weighted by Crippen LogP contribution is 2.15. The molecule has 0 aliphatic rings. The van der Waals surface area contributed by atoms with Gasteiger partial charge in [-0.2, -0.15) is 0 Å². The van der Waals surface area contributed by atoms with Crippen LogP contribution < -0.4 is 5.06 Å². The van der Waals surface area contributed by atoms with E-state index in [2.05, 4.69) is 38.1 Å². The first-order valence-electron chi connectivity index (χ1n) is 10.3. The van der Waals surface area contributed by atoms with Crippen molar-refractivity contribution in [2.45, 2.75) is 90.9 Å². The minimum atomic E-state index is 0.833. The molecule has 0 saturated heterocycles. The third-order valence-electron chi connectivity index (χ3n) is 4.58. The van der Waals surface area contributed by atoms with Gasteiger partial charge in [-0.1, -0.05) is 95.8 Å². The second-order valence-corrected chi connectivity index (χ2v) is 6.75. The zero-order valence-corrected chi connectivity index (χ0v) is 16.1. The van der Waals surface area contributed by atoms with E-state index in [0.717, 1.165) is 18.8 Å². The third-order valence-corrected chi connectivity index (χ3v) is 4.58. The van der Waals surface area contributed by atoms with E-state index in [1.54, 1.807) is 0 Å². The van der Waals surface area contributed by atoms with Gasteiger partial charge >= 0.3 is 0 Å². The number of anilines is 1. The van der Waals surface area contributed by atoms with Crippen molar-refractivity contribution in [3.63, 3.8) is 0 Å². The average Bonchev–Trinajstić information content (AvgIpc) is 2.63. The Morgan fingerprint density at radius 1 is 0.667 bits per heavy atom. The zero-order valence-electron chi connectivity index (χ0n) is 16.1. The molecule has 0 aliphatic heterocycles. The fourth-order valence-electron chi connectivity index (χ4n) is 3.06. The summed E-state index contributed by atoms with van der Waals surface area (Å²) in [4.78, 5) is 5.90.